The molecule has 0 unspecified atom stereocenters. The van der Waals surface area contributed by atoms with Gasteiger partial charge in [0.2, 0.25) is 0 Å². The Morgan fingerprint density at radius 3 is 2.35 bits per heavy atom. The predicted octanol–water partition coefficient (Wildman–Crippen LogP) is 2.52. The molecule has 1 aliphatic rings. The predicted molar refractivity (Wildman–Crippen MR) is 77.7 cm³/mol. The Morgan fingerprint density at radius 2 is 1.70 bits per heavy atom. The van der Waals surface area contributed by atoms with E-state index in [1.54, 1.807) is 13.2 Å². The summed E-state index contributed by atoms with van der Waals surface area (Å²) in [6, 6.07) is 15.0. The lowest BCUT2D eigenvalue weighted by Gasteiger charge is -2.10. The number of hydrogen-bond acceptors (Lipinski definition) is 3. The van der Waals surface area contributed by atoms with Crippen LogP contribution in [0.4, 0.5) is 0 Å². The topological polar surface area (TPSA) is 55.6 Å². The molecule has 2 aromatic rings. The highest BCUT2D eigenvalue weighted by molar-refractivity contribution is 6.11. The van der Waals surface area contributed by atoms with Crippen molar-refractivity contribution in [3.8, 4) is 5.75 Å². The van der Waals surface area contributed by atoms with Crippen LogP contribution in [0.2, 0.25) is 0 Å². The Hall–Kier alpha value is -2.59. The van der Waals surface area contributed by atoms with Gasteiger partial charge in [0.05, 0.1) is 18.4 Å². The number of ether oxygens (including phenoxy) is 1. The van der Waals surface area contributed by atoms with Gasteiger partial charge in [0.1, 0.15) is 5.75 Å². The molecule has 0 aromatic heterocycles. The Balaban J connectivity index is 2.04. The fraction of sp³-hybridized carbons (Fsp3) is 0.0625. The molecule has 1 aliphatic heterocycles. The average Bonchev–Trinajstić information content (AvgIpc) is 2.74. The van der Waals surface area contributed by atoms with E-state index in [9.17, 15) is 4.79 Å². The zero-order valence-electron chi connectivity index (χ0n) is 11.0. The maximum atomic E-state index is 12.0. The van der Waals surface area contributed by atoms with Crippen molar-refractivity contribution in [1.82, 2.24) is 5.01 Å². The van der Waals surface area contributed by atoms with Crippen molar-refractivity contribution >= 4 is 17.7 Å². The van der Waals surface area contributed by atoms with Crippen molar-refractivity contribution in [1.29, 1.82) is 0 Å². The lowest BCUT2D eigenvalue weighted by Crippen LogP contribution is -2.30. The molecule has 20 heavy (non-hydrogen) atoms. The quantitative estimate of drug-likeness (QED) is 0.671. The van der Waals surface area contributed by atoms with Gasteiger partial charge < -0.3 is 4.74 Å². The number of rotatable bonds is 2. The standard InChI is InChI=1S/C16H14N2O2/c1-20-12-8-6-11(7-9-12)10-15-13-4-2-3-5-14(13)16(19)18(15)17/h2-10H,17H2,1H3. The lowest BCUT2D eigenvalue weighted by molar-refractivity contribution is 0.0851. The third-order valence-electron chi connectivity index (χ3n) is 3.33. The van der Waals surface area contributed by atoms with Crippen LogP contribution in [0.25, 0.3) is 11.8 Å². The first-order valence-electron chi connectivity index (χ1n) is 6.25. The van der Waals surface area contributed by atoms with Crippen LogP contribution in [-0.2, 0) is 0 Å². The van der Waals surface area contributed by atoms with Crippen LogP contribution >= 0.6 is 0 Å². The summed E-state index contributed by atoms with van der Waals surface area (Å²) in [5, 5.41) is 1.19. The number of hydrogen-bond donors (Lipinski definition) is 1. The average molecular weight is 266 g/mol. The number of carbonyl (C=O) groups excluding carboxylic acids is 1. The molecule has 4 heteroatoms. The van der Waals surface area contributed by atoms with Crippen LogP contribution in [0.15, 0.2) is 48.5 Å². The van der Waals surface area contributed by atoms with Gasteiger partial charge in [0, 0.05) is 5.56 Å². The summed E-state index contributed by atoms with van der Waals surface area (Å²) < 4.78 is 5.12. The summed E-state index contributed by atoms with van der Waals surface area (Å²) in [6.07, 6.45) is 1.89. The van der Waals surface area contributed by atoms with Crippen LogP contribution in [0, 0.1) is 0 Å². The van der Waals surface area contributed by atoms with E-state index in [-0.39, 0.29) is 5.91 Å². The van der Waals surface area contributed by atoms with Gasteiger partial charge in [-0.2, -0.15) is 0 Å². The molecule has 0 radical (unpaired) electrons. The molecule has 0 saturated carbocycles. The summed E-state index contributed by atoms with van der Waals surface area (Å²) in [5.74, 6) is 6.48. The van der Waals surface area contributed by atoms with E-state index in [4.69, 9.17) is 10.6 Å². The third kappa shape index (κ3) is 1.96. The van der Waals surface area contributed by atoms with Crippen molar-refractivity contribution in [2.45, 2.75) is 0 Å². The van der Waals surface area contributed by atoms with E-state index in [2.05, 4.69) is 0 Å². The van der Waals surface area contributed by atoms with Gasteiger partial charge in [-0.3, -0.25) is 4.79 Å². The zero-order valence-corrected chi connectivity index (χ0v) is 11.0. The number of nitrogens with zero attached hydrogens (tertiary/aromatic N) is 1. The molecule has 1 heterocycles. The van der Waals surface area contributed by atoms with E-state index in [1.807, 2.05) is 48.5 Å². The van der Waals surface area contributed by atoms with Gasteiger partial charge in [-0.1, -0.05) is 30.3 Å². The number of fused-ring (bicyclic) bond motifs is 1. The second-order valence-electron chi connectivity index (χ2n) is 4.52. The number of methoxy groups -OCH3 is 1. The summed E-state index contributed by atoms with van der Waals surface area (Å²) >= 11 is 0. The molecular weight excluding hydrogens is 252 g/mol. The molecule has 0 atom stereocenters. The molecule has 4 nitrogen and oxygen atoms in total. The fourth-order valence-electron chi connectivity index (χ4n) is 2.27. The Kier molecular flexibility index (Phi) is 3.00. The largest absolute Gasteiger partial charge is 0.497 e. The van der Waals surface area contributed by atoms with Crippen molar-refractivity contribution in [2.75, 3.05) is 7.11 Å². The minimum Gasteiger partial charge on any atom is -0.497 e. The van der Waals surface area contributed by atoms with E-state index in [0.717, 1.165) is 16.9 Å². The first-order chi connectivity index (χ1) is 9.70. The molecule has 1 amide bonds. The van der Waals surface area contributed by atoms with Gasteiger partial charge in [0.25, 0.3) is 5.91 Å². The van der Waals surface area contributed by atoms with Gasteiger partial charge in [-0.25, -0.2) is 10.9 Å². The van der Waals surface area contributed by atoms with Crippen LogP contribution in [0.5, 0.6) is 5.75 Å². The summed E-state index contributed by atoms with van der Waals surface area (Å²) in [7, 11) is 1.63. The smallest absolute Gasteiger partial charge is 0.273 e. The highest BCUT2D eigenvalue weighted by atomic mass is 16.5. The molecule has 2 aromatic carbocycles. The van der Waals surface area contributed by atoms with Crippen LogP contribution in [0.1, 0.15) is 21.5 Å². The van der Waals surface area contributed by atoms with E-state index in [0.29, 0.717) is 11.3 Å². The van der Waals surface area contributed by atoms with E-state index in [1.165, 1.54) is 5.01 Å². The van der Waals surface area contributed by atoms with E-state index < -0.39 is 0 Å². The maximum absolute atomic E-state index is 12.0. The molecule has 0 spiro atoms. The normalized spacial score (nSPS) is 15.6. The van der Waals surface area contributed by atoms with E-state index >= 15 is 0 Å². The molecule has 2 N–H and O–H groups in total. The van der Waals surface area contributed by atoms with Crippen molar-refractivity contribution in [2.24, 2.45) is 5.84 Å². The molecule has 0 saturated heterocycles. The summed E-state index contributed by atoms with van der Waals surface area (Å²) in [4.78, 5) is 12.0. The fourth-order valence-corrected chi connectivity index (χ4v) is 2.27. The van der Waals surface area contributed by atoms with Crippen molar-refractivity contribution in [3.63, 3.8) is 0 Å². The van der Waals surface area contributed by atoms with Crippen molar-refractivity contribution in [3.05, 3.63) is 65.2 Å². The first-order valence-corrected chi connectivity index (χ1v) is 6.25. The zero-order chi connectivity index (χ0) is 14.1. The molecule has 0 aliphatic carbocycles. The molecular formula is C16H14N2O2. The number of nitrogens with two attached hydrogens (primary N) is 1. The number of benzene rings is 2. The van der Waals surface area contributed by atoms with Gasteiger partial charge in [-0.05, 0) is 29.8 Å². The minimum absolute atomic E-state index is 0.180. The number of amides is 1. The van der Waals surface area contributed by atoms with Crippen LogP contribution < -0.4 is 10.6 Å². The molecule has 3 rings (SSSR count). The second-order valence-corrected chi connectivity index (χ2v) is 4.52. The Labute approximate surface area is 117 Å². The third-order valence-corrected chi connectivity index (χ3v) is 3.33. The maximum Gasteiger partial charge on any atom is 0.273 e. The Bertz CT molecular complexity index is 690. The van der Waals surface area contributed by atoms with Gasteiger partial charge >= 0.3 is 0 Å². The Morgan fingerprint density at radius 1 is 1.05 bits per heavy atom. The van der Waals surface area contributed by atoms with Gasteiger partial charge in [-0.15, -0.1) is 0 Å². The lowest BCUT2D eigenvalue weighted by atomic mass is 10.1. The molecule has 0 fully saturated rings. The minimum atomic E-state index is -0.180. The second kappa shape index (κ2) is 4.83. The van der Waals surface area contributed by atoms with Crippen LogP contribution in [0.3, 0.4) is 0 Å². The molecule has 100 valence electrons. The SMILES string of the molecule is COc1ccc(C=C2c3ccccc3C(=O)N2N)cc1. The van der Waals surface area contributed by atoms with Gasteiger partial charge in [0.15, 0.2) is 0 Å². The highest BCUT2D eigenvalue weighted by Crippen LogP contribution is 2.31. The highest BCUT2D eigenvalue weighted by Gasteiger charge is 2.29. The number of carbonyl (C=O) groups is 1. The summed E-state index contributed by atoms with van der Waals surface area (Å²) in [6.45, 7) is 0. The number of hydrazine groups is 1. The first kappa shape index (κ1) is 12.4. The van der Waals surface area contributed by atoms with Crippen LogP contribution in [-0.4, -0.2) is 18.0 Å². The summed E-state index contributed by atoms with van der Waals surface area (Å²) in [5.41, 5.74) is 3.15. The van der Waals surface area contributed by atoms with Crippen molar-refractivity contribution < 1.29 is 9.53 Å². The monoisotopic (exact) mass is 266 g/mol. The molecule has 0 bridgehead atoms.